The number of aryl methyl sites for hydroxylation is 1. The molecule has 26 heavy (non-hydrogen) atoms. The van der Waals surface area contributed by atoms with Gasteiger partial charge in [-0.2, -0.15) is 0 Å². The zero-order valence-corrected chi connectivity index (χ0v) is 14.5. The number of ether oxygens (including phenoxy) is 2. The number of halogens is 1. The van der Waals surface area contributed by atoms with Crippen molar-refractivity contribution in [3.8, 4) is 5.75 Å². The van der Waals surface area contributed by atoms with Crippen molar-refractivity contribution < 1.29 is 23.5 Å². The number of benzene rings is 2. The van der Waals surface area contributed by atoms with Crippen molar-refractivity contribution in [1.29, 1.82) is 0 Å². The Kier molecular flexibility index (Phi) is 5.06. The molecule has 1 atom stereocenters. The number of carbonyl (C=O) groups is 2. The fourth-order valence-electron chi connectivity index (χ4n) is 2.88. The first-order valence-corrected chi connectivity index (χ1v) is 8.17. The summed E-state index contributed by atoms with van der Waals surface area (Å²) in [6, 6.07) is 9.23. The highest BCUT2D eigenvalue weighted by atomic mass is 19.1. The van der Waals surface area contributed by atoms with Crippen molar-refractivity contribution in [3.05, 3.63) is 58.9 Å². The number of carbonyl (C=O) groups excluding carboxylic acids is 2. The normalized spacial score (nSPS) is 15.4. The highest BCUT2D eigenvalue weighted by Gasteiger charge is 2.27. The molecule has 2 aromatic carbocycles. The lowest BCUT2D eigenvalue weighted by Crippen LogP contribution is -2.32. The van der Waals surface area contributed by atoms with E-state index in [-0.39, 0.29) is 17.8 Å². The maximum atomic E-state index is 13.4. The topological polar surface area (TPSA) is 76.7 Å². The van der Waals surface area contributed by atoms with Crippen LogP contribution in [0.5, 0.6) is 5.75 Å². The summed E-state index contributed by atoms with van der Waals surface area (Å²) < 4.78 is 23.7. The molecular weight excluding hydrogens is 339 g/mol. The minimum Gasteiger partial charge on any atom is -0.492 e. The fraction of sp³-hybridized carbons (Fsp3) is 0.263. The van der Waals surface area contributed by atoms with E-state index in [9.17, 15) is 14.0 Å². The summed E-state index contributed by atoms with van der Waals surface area (Å²) in [5.74, 6) is -0.275. The Morgan fingerprint density at radius 3 is 2.81 bits per heavy atom. The van der Waals surface area contributed by atoms with E-state index in [1.807, 2.05) is 0 Å². The lowest BCUT2D eigenvalue weighted by atomic mass is 9.97. The van der Waals surface area contributed by atoms with Crippen LogP contribution in [0.3, 0.4) is 0 Å². The Morgan fingerprint density at radius 2 is 2.08 bits per heavy atom. The summed E-state index contributed by atoms with van der Waals surface area (Å²) in [5, 5.41) is 5.49. The predicted octanol–water partition coefficient (Wildman–Crippen LogP) is 3.57. The SMILES string of the molecule is COC(=O)N[C@H]1CCOc2c(C(=O)Nc3ccc(F)c(C)c3)cccc21. The minimum absolute atomic E-state index is 0.299. The van der Waals surface area contributed by atoms with E-state index in [4.69, 9.17) is 4.74 Å². The molecule has 2 aromatic rings. The molecule has 136 valence electrons. The summed E-state index contributed by atoms with van der Waals surface area (Å²) in [6.07, 6.45) is 0.0316. The molecule has 0 radical (unpaired) electrons. The third kappa shape index (κ3) is 3.61. The van der Waals surface area contributed by atoms with E-state index in [0.717, 1.165) is 0 Å². The first-order chi connectivity index (χ1) is 12.5. The number of hydrogen-bond donors (Lipinski definition) is 2. The number of para-hydroxylation sites is 1. The first-order valence-electron chi connectivity index (χ1n) is 8.17. The molecule has 7 heteroatoms. The van der Waals surface area contributed by atoms with Crippen LogP contribution in [-0.2, 0) is 4.74 Å². The Hall–Kier alpha value is -3.09. The second-order valence-electron chi connectivity index (χ2n) is 5.97. The Morgan fingerprint density at radius 1 is 1.27 bits per heavy atom. The Labute approximate surface area is 150 Å². The fourth-order valence-corrected chi connectivity index (χ4v) is 2.88. The van der Waals surface area contributed by atoms with Gasteiger partial charge in [-0.1, -0.05) is 12.1 Å². The Balaban J connectivity index is 1.86. The highest BCUT2D eigenvalue weighted by molar-refractivity contribution is 6.06. The van der Waals surface area contributed by atoms with Crippen LogP contribution in [0.4, 0.5) is 14.9 Å². The molecule has 0 unspecified atom stereocenters. The second-order valence-corrected chi connectivity index (χ2v) is 5.97. The van der Waals surface area contributed by atoms with Crippen molar-refractivity contribution >= 4 is 17.7 Å². The maximum Gasteiger partial charge on any atom is 0.407 e. The van der Waals surface area contributed by atoms with Crippen LogP contribution in [0.15, 0.2) is 36.4 Å². The quantitative estimate of drug-likeness (QED) is 0.879. The predicted molar refractivity (Wildman–Crippen MR) is 93.9 cm³/mol. The monoisotopic (exact) mass is 358 g/mol. The molecule has 1 aliphatic rings. The van der Waals surface area contributed by atoms with E-state index in [0.29, 0.717) is 41.2 Å². The average Bonchev–Trinajstić information content (AvgIpc) is 2.64. The molecule has 2 amide bonds. The molecule has 1 heterocycles. The van der Waals surface area contributed by atoms with Crippen LogP contribution in [0.25, 0.3) is 0 Å². The van der Waals surface area contributed by atoms with Gasteiger partial charge in [-0.3, -0.25) is 4.79 Å². The molecule has 0 saturated carbocycles. The van der Waals surface area contributed by atoms with Crippen LogP contribution in [0.1, 0.15) is 33.9 Å². The van der Waals surface area contributed by atoms with Gasteiger partial charge in [0.15, 0.2) is 0 Å². The van der Waals surface area contributed by atoms with Crippen molar-refractivity contribution in [2.24, 2.45) is 0 Å². The van der Waals surface area contributed by atoms with Gasteiger partial charge in [-0.25, -0.2) is 9.18 Å². The third-order valence-corrected chi connectivity index (χ3v) is 4.21. The summed E-state index contributed by atoms with van der Waals surface area (Å²) in [6.45, 7) is 1.99. The minimum atomic E-state index is -0.542. The van der Waals surface area contributed by atoms with Gasteiger partial charge < -0.3 is 20.1 Å². The van der Waals surface area contributed by atoms with E-state index in [1.165, 1.54) is 19.2 Å². The number of nitrogens with one attached hydrogen (secondary N) is 2. The average molecular weight is 358 g/mol. The third-order valence-electron chi connectivity index (χ3n) is 4.21. The first kappa shape index (κ1) is 17.7. The van der Waals surface area contributed by atoms with E-state index in [2.05, 4.69) is 15.4 Å². The molecule has 0 saturated heterocycles. The van der Waals surface area contributed by atoms with Gasteiger partial charge in [0.05, 0.1) is 25.3 Å². The molecule has 2 N–H and O–H groups in total. The number of rotatable bonds is 3. The standard InChI is InChI=1S/C19H19FN2O4/c1-11-10-12(6-7-15(11)20)21-18(23)14-5-3-4-13-16(22-19(24)25-2)8-9-26-17(13)14/h3-7,10,16H,8-9H2,1-2H3,(H,21,23)(H,22,24)/t16-/m0/s1. The molecule has 0 aliphatic carbocycles. The zero-order chi connectivity index (χ0) is 18.7. The second kappa shape index (κ2) is 7.43. The number of anilines is 1. The van der Waals surface area contributed by atoms with Gasteiger partial charge in [-0.15, -0.1) is 0 Å². The molecule has 1 aliphatic heterocycles. The van der Waals surface area contributed by atoms with E-state index < -0.39 is 6.09 Å². The maximum absolute atomic E-state index is 13.4. The molecule has 6 nitrogen and oxygen atoms in total. The Bertz CT molecular complexity index is 853. The lowest BCUT2D eigenvalue weighted by Gasteiger charge is -2.27. The van der Waals surface area contributed by atoms with Crippen molar-refractivity contribution in [2.75, 3.05) is 19.0 Å². The van der Waals surface area contributed by atoms with E-state index in [1.54, 1.807) is 31.2 Å². The van der Waals surface area contributed by atoms with Gasteiger partial charge in [0.25, 0.3) is 5.91 Å². The summed E-state index contributed by atoms with van der Waals surface area (Å²) in [4.78, 5) is 24.2. The number of methoxy groups -OCH3 is 1. The van der Waals surface area contributed by atoms with Crippen LogP contribution in [-0.4, -0.2) is 25.7 Å². The largest absolute Gasteiger partial charge is 0.492 e. The molecule has 0 bridgehead atoms. The van der Waals surface area contributed by atoms with Crippen molar-refractivity contribution in [1.82, 2.24) is 5.32 Å². The van der Waals surface area contributed by atoms with Gasteiger partial charge >= 0.3 is 6.09 Å². The van der Waals surface area contributed by atoms with Gasteiger partial charge in [0.1, 0.15) is 11.6 Å². The van der Waals surface area contributed by atoms with Crippen molar-refractivity contribution in [3.63, 3.8) is 0 Å². The van der Waals surface area contributed by atoms with Gasteiger partial charge in [0, 0.05) is 17.7 Å². The van der Waals surface area contributed by atoms with Gasteiger partial charge in [-0.05, 0) is 36.8 Å². The van der Waals surface area contributed by atoms with E-state index >= 15 is 0 Å². The summed E-state index contributed by atoms with van der Waals surface area (Å²) in [7, 11) is 1.30. The number of alkyl carbamates (subject to hydrolysis) is 1. The van der Waals surface area contributed by atoms with Crippen LogP contribution in [0.2, 0.25) is 0 Å². The molecule has 0 fully saturated rings. The highest BCUT2D eigenvalue weighted by Crippen LogP contribution is 2.35. The molecule has 3 rings (SSSR count). The number of amides is 2. The van der Waals surface area contributed by atoms with Crippen molar-refractivity contribution in [2.45, 2.75) is 19.4 Å². The zero-order valence-electron chi connectivity index (χ0n) is 14.5. The number of fused-ring (bicyclic) bond motifs is 1. The molecule has 0 aromatic heterocycles. The van der Waals surface area contributed by atoms with Crippen LogP contribution < -0.4 is 15.4 Å². The number of hydrogen-bond acceptors (Lipinski definition) is 4. The summed E-state index contributed by atoms with van der Waals surface area (Å²) in [5.41, 5.74) is 1.99. The lowest BCUT2D eigenvalue weighted by molar-refractivity contribution is 0.102. The van der Waals surface area contributed by atoms with Gasteiger partial charge in [0.2, 0.25) is 0 Å². The van der Waals surface area contributed by atoms with Crippen LogP contribution >= 0.6 is 0 Å². The molecule has 0 spiro atoms. The smallest absolute Gasteiger partial charge is 0.407 e. The summed E-state index contributed by atoms with van der Waals surface area (Å²) >= 11 is 0. The molecular formula is C19H19FN2O4. The van der Waals surface area contributed by atoms with Crippen LogP contribution in [0, 0.1) is 12.7 Å².